The largest absolute Gasteiger partial charge is 0.497 e. The van der Waals surface area contributed by atoms with Gasteiger partial charge in [0.15, 0.2) is 0 Å². The molecule has 4 rings (SSSR count). The monoisotopic (exact) mass is 529 g/mol. The van der Waals surface area contributed by atoms with E-state index in [4.69, 9.17) is 4.74 Å². The number of amides is 2. The molecule has 4 aromatic carbocycles. The molecule has 0 saturated heterocycles. The summed E-state index contributed by atoms with van der Waals surface area (Å²) in [5.41, 5.74) is 1.72. The minimum atomic E-state index is -4.09. The van der Waals surface area contributed by atoms with Crippen molar-refractivity contribution in [3.8, 4) is 5.75 Å². The van der Waals surface area contributed by atoms with Gasteiger partial charge in [-0.05, 0) is 42.0 Å². The maximum atomic E-state index is 13.6. The van der Waals surface area contributed by atoms with Crippen LogP contribution in [0.1, 0.15) is 15.9 Å². The van der Waals surface area contributed by atoms with Crippen LogP contribution in [0.4, 0.5) is 11.4 Å². The summed E-state index contributed by atoms with van der Waals surface area (Å²) < 4.78 is 33.4. The molecule has 194 valence electrons. The zero-order valence-corrected chi connectivity index (χ0v) is 21.5. The lowest BCUT2D eigenvalue weighted by Crippen LogP contribution is -2.38. The quantitative estimate of drug-likeness (QED) is 0.316. The van der Waals surface area contributed by atoms with E-state index < -0.39 is 22.5 Å². The lowest BCUT2D eigenvalue weighted by atomic mass is 10.1. The van der Waals surface area contributed by atoms with Crippen molar-refractivity contribution in [3.63, 3.8) is 0 Å². The maximum absolute atomic E-state index is 13.6. The average molecular weight is 530 g/mol. The number of hydrogen-bond donors (Lipinski definition) is 2. The van der Waals surface area contributed by atoms with E-state index in [0.29, 0.717) is 12.3 Å². The first-order chi connectivity index (χ1) is 18.4. The van der Waals surface area contributed by atoms with Crippen LogP contribution in [-0.2, 0) is 21.4 Å². The summed E-state index contributed by atoms with van der Waals surface area (Å²) in [5.74, 6) is -0.543. The molecule has 38 heavy (non-hydrogen) atoms. The molecule has 0 unspecified atom stereocenters. The van der Waals surface area contributed by atoms with Crippen molar-refractivity contribution in [2.75, 3.05) is 23.3 Å². The second-order valence-electron chi connectivity index (χ2n) is 8.29. The molecule has 2 amide bonds. The first kappa shape index (κ1) is 26.4. The molecule has 8 nitrogen and oxygen atoms in total. The van der Waals surface area contributed by atoms with Gasteiger partial charge in [-0.1, -0.05) is 66.7 Å². The first-order valence-corrected chi connectivity index (χ1v) is 13.3. The summed E-state index contributed by atoms with van der Waals surface area (Å²) in [6.45, 7) is -0.203. The van der Waals surface area contributed by atoms with Crippen molar-refractivity contribution in [1.82, 2.24) is 5.32 Å². The van der Waals surface area contributed by atoms with E-state index in [-0.39, 0.29) is 27.7 Å². The summed E-state index contributed by atoms with van der Waals surface area (Å²) in [4.78, 5) is 26.1. The van der Waals surface area contributed by atoms with Crippen LogP contribution in [0, 0.1) is 0 Å². The van der Waals surface area contributed by atoms with Crippen molar-refractivity contribution in [3.05, 3.63) is 120 Å². The number of nitrogens with one attached hydrogen (secondary N) is 2. The predicted molar refractivity (Wildman–Crippen MR) is 147 cm³/mol. The summed E-state index contributed by atoms with van der Waals surface area (Å²) in [7, 11) is -2.62. The van der Waals surface area contributed by atoms with E-state index in [0.717, 1.165) is 9.87 Å². The fourth-order valence-electron chi connectivity index (χ4n) is 3.78. The van der Waals surface area contributed by atoms with Crippen LogP contribution in [0.15, 0.2) is 114 Å². The van der Waals surface area contributed by atoms with E-state index in [1.165, 1.54) is 19.2 Å². The number of hydrogen-bond acceptors (Lipinski definition) is 5. The SMILES string of the molecule is COc1cccc(N(CC(=O)Nc2ccccc2C(=O)NCc2ccccc2)S(=O)(=O)c2ccccc2)c1. The Bertz CT molecular complexity index is 1510. The molecule has 0 saturated carbocycles. The number of nitrogens with zero attached hydrogens (tertiary/aromatic N) is 1. The number of carbonyl (C=O) groups excluding carboxylic acids is 2. The van der Waals surface area contributed by atoms with Gasteiger partial charge in [-0.2, -0.15) is 0 Å². The third kappa shape index (κ3) is 6.37. The van der Waals surface area contributed by atoms with Crippen molar-refractivity contribution in [2.24, 2.45) is 0 Å². The molecule has 0 heterocycles. The molecule has 9 heteroatoms. The number of sulfonamides is 1. The highest BCUT2D eigenvalue weighted by Crippen LogP contribution is 2.27. The summed E-state index contributed by atoms with van der Waals surface area (Å²) in [6, 6.07) is 30.3. The van der Waals surface area contributed by atoms with Crippen LogP contribution in [0.2, 0.25) is 0 Å². The third-order valence-electron chi connectivity index (χ3n) is 5.70. The molecule has 0 aliphatic carbocycles. The van der Waals surface area contributed by atoms with Crippen molar-refractivity contribution < 1.29 is 22.7 Å². The molecule has 0 radical (unpaired) electrons. The Morgan fingerprint density at radius 2 is 1.47 bits per heavy atom. The van der Waals surface area contributed by atoms with Gasteiger partial charge < -0.3 is 15.4 Å². The summed E-state index contributed by atoms with van der Waals surface area (Å²) >= 11 is 0. The van der Waals surface area contributed by atoms with Crippen LogP contribution in [0.25, 0.3) is 0 Å². The summed E-state index contributed by atoms with van der Waals surface area (Å²) in [5, 5.41) is 5.55. The topological polar surface area (TPSA) is 105 Å². The minimum Gasteiger partial charge on any atom is -0.497 e. The number of ether oxygens (including phenoxy) is 1. The first-order valence-electron chi connectivity index (χ1n) is 11.8. The Kier molecular flexibility index (Phi) is 8.40. The number of methoxy groups -OCH3 is 1. The molecule has 0 bridgehead atoms. The average Bonchev–Trinajstić information content (AvgIpc) is 2.96. The number of rotatable bonds is 10. The Morgan fingerprint density at radius 1 is 0.816 bits per heavy atom. The van der Waals surface area contributed by atoms with Crippen molar-refractivity contribution >= 4 is 33.2 Å². The number of benzene rings is 4. The van der Waals surface area contributed by atoms with E-state index in [1.807, 2.05) is 30.3 Å². The minimum absolute atomic E-state index is 0.0382. The highest BCUT2D eigenvalue weighted by molar-refractivity contribution is 7.92. The molecule has 0 aliphatic rings. The predicted octanol–water partition coefficient (Wildman–Crippen LogP) is 4.46. The Morgan fingerprint density at radius 3 is 2.18 bits per heavy atom. The smallest absolute Gasteiger partial charge is 0.264 e. The lowest BCUT2D eigenvalue weighted by molar-refractivity contribution is -0.114. The van der Waals surface area contributed by atoms with E-state index in [1.54, 1.807) is 66.7 Å². The standard InChI is InChI=1S/C29H27N3O5S/c1-37-24-14-10-13-23(19-24)32(38(35,36)25-15-6-3-7-16-25)21-28(33)31-27-18-9-8-17-26(27)29(34)30-20-22-11-4-2-5-12-22/h2-19H,20-21H2,1H3,(H,30,34)(H,31,33). The van der Waals surface area contributed by atoms with Crippen molar-refractivity contribution in [1.29, 1.82) is 0 Å². The van der Waals surface area contributed by atoms with Gasteiger partial charge >= 0.3 is 0 Å². The third-order valence-corrected chi connectivity index (χ3v) is 7.49. The molecule has 2 N–H and O–H groups in total. The van der Waals surface area contributed by atoms with Gasteiger partial charge in [-0.15, -0.1) is 0 Å². The number of para-hydroxylation sites is 1. The zero-order valence-electron chi connectivity index (χ0n) is 20.7. The molecule has 0 spiro atoms. The van der Waals surface area contributed by atoms with Crippen molar-refractivity contribution in [2.45, 2.75) is 11.4 Å². The fraction of sp³-hybridized carbons (Fsp3) is 0.103. The molecular formula is C29H27N3O5S. The van der Waals surface area contributed by atoms with Gasteiger partial charge in [-0.25, -0.2) is 8.42 Å². The van der Waals surface area contributed by atoms with E-state index >= 15 is 0 Å². The normalized spacial score (nSPS) is 10.9. The van der Waals surface area contributed by atoms with Crippen LogP contribution >= 0.6 is 0 Å². The molecular weight excluding hydrogens is 502 g/mol. The van der Waals surface area contributed by atoms with Gasteiger partial charge in [-0.3, -0.25) is 13.9 Å². The highest BCUT2D eigenvalue weighted by atomic mass is 32.2. The molecule has 0 atom stereocenters. The molecule has 0 aliphatic heterocycles. The molecule has 0 aromatic heterocycles. The number of carbonyl (C=O) groups is 2. The van der Waals surface area contributed by atoms with E-state index in [2.05, 4.69) is 10.6 Å². The zero-order chi connectivity index (χ0) is 27.0. The highest BCUT2D eigenvalue weighted by Gasteiger charge is 2.28. The van der Waals surface area contributed by atoms with Gasteiger partial charge in [0.1, 0.15) is 12.3 Å². The second kappa shape index (κ2) is 12.1. The Labute approximate surface area is 221 Å². The summed E-state index contributed by atoms with van der Waals surface area (Å²) in [6.07, 6.45) is 0. The van der Waals surface area contributed by atoms with Gasteiger partial charge in [0.05, 0.1) is 28.9 Å². The Balaban J connectivity index is 1.57. The van der Waals surface area contributed by atoms with E-state index in [9.17, 15) is 18.0 Å². The maximum Gasteiger partial charge on any atom is 0.264 e. The number of anilines is 2. The second-order valence-corrected chi connectivity index (χ2v) is 10.2. The Hall–Kier alpha value is -4.63. The molecule has 4 aromatic rings. The lowest BCUT2D eigenvalue weighted by Gasteiger charge is -2.24. The van der Waals surface area contributed by atoms with Crippen LogP contribution in [-0.4, -0.2) is 33.9 Å². The fourth-order valence-corrected chi connectivity index (χ4v) is 5.22. The van der Waals surface area contributed by atoms with Crippen LogP contribution in [0.5, 0.6) is 5.75 Å². The molecule has 0 fully saturated rings. The van der Waals surface area contributed by atoms with Crippen LogP contribution < -0.4 is 19.7 Å². The van der Waals surface area contributed by atoms with Crippen LogP contribution in [0.3, 0.4) is 0 Å². The van der Waals surface area contributed by atoms with Gasteiger partial charge in [0, 0.05) is 12.6 Å². The van der Waals surface area contributed by atoms with Gasteiger partial charge in [0.25, 0.3) is 15.9 Å². The van der Waals surface area contributed by atoms with Gasteiger partial charge in [0.2, 0.25) is 5.91 Å².